The van der Waals surface area contributed by atoms with Crippen LogP contribution in [0.5, 0.6) is 0 Å². The minimum Gasteiger partial charge on any atom is -0.381 e. The summed E-state index contributed by atoms with van der Waals surface area (Å²) in [6.07, 6.45) is 6.62. The number of halogens is 2. The summed E-state index contributed by atoms with van der Waals surface area (Å²) in [7, 11) is 3.78. The molecule has 11 heteroatoms. The lowest BCUT2D eigenvalue weighted by atomic mass is 9.92. The van der Waals surface area contributed by atoms with Gasteiger partial charge in [-0.15, -0.1) is 6.58 Å². The molecule has 3 aliphatic rings. The maximum Gasteiger partial charge on any atom is 0.277 e. The molecule has 3 aliphatic heterocycles. The molecule has 0 saturated carbocycles. The second kappa shape index (κ2) is 10.8. The molecule has 1 atom stereocenters. The van der Waals surface area contributed by atoms with Crippen LogP contribution >= 0.6 is 0 Å². The number of ether oxygens (including phenoxy) is 1. The maximum atomic E-state index is 15.8. The number of aryl methyl sites for hydroxylation is 1. The molecule has 1 amide bonds. The van der Waals surface area contributed by atoms with Gasteiger partial charge in [0.1, 0.15) is 0 Å². The van der Waals surface area contributed by atoms with Gasteiger partial charge < -0.3 is 19.4 Å². The Bertz CT molecular complexity index is 1510. The van der Waals surface area contributed by atoms with Crippen molar-refractivity contribution in [2.45, 2.75) is 64.1 Å². The van der Waals surface area contributed by atoms with E-state index in [-0.39, 0.29) is 23.6 Å². The fourth-order valence-corrected chi connectivity index (χ4v) is 6.54. The first kappa shape index (κ1) is 28.4. The van der Waals surface area contributed by atoms with E-state index in [0.717, 1.165) is 35.6 Å². The topological polar surface area (TPSA) is 71.7 Å². The van der Waals surface area contributed by atoms with E-state index in [4.69, 9.17) is 9.84 Å². The summed E-state index contributed by atoms with van der Waals surface area (Å²) in [5.41, 5.74) is 4.68. The highest BCUT2D eigenvalue weighted by molar-refractivity contribution is 5.86. The van der Waals surface area contributed by atoms with E-state index in [2.05, 4.69) is 33.1 Å². The normalized spacial score (nSPS) is 19.6. The van der Waals surface area contributed by atoms with Crippen molar-refractivity contribution in [2.24, 2.45) is 7.05 Å². The van der Waals surface area contributed by atoms with E-state index < -0.39 is 12.3 Å². The Morgan fingerprint density at radius 3 is 2.64 bits per heavy atom. The molecule has 3 aromatic rings. The number of carbonyl (C=O) groups is 1. The zero-order valence-electron chi connectivity index (χ0n) is 24.8. The Balaban J connectivity index is 1.55. The lowest BCUT2D eigenvalue weighted by molar-refractivity contribution is -0.129. The number of carbonyl (C=O) groups excluding carboxylic acids is 1. The molecule has 0 N–H and O–H groups in total. The number of allylic oxidation sites excluding steroid dienone is 1. The minimum absolute atomic E-state index is 0.0185. The number of anilines is 3. The molecule has 1 fully saturated rings. The Morgan fingerprint density at radius 1 is 1.21 bits per heavy atom. The molecule has 1 saturated heterocycles. The van der Waals surface area contributed by atoms with Crippen molar-refractivity contribution in [3.8, 4) is 11.1 Å². The lowest BCUT2D eigenvalue weighted by Crippen LogP contribution is -2.44. The summed E-state index contributed by atoms with van der Waals surface area (Å²) in [6.45, 7) is 10.3. The van der Waals surface area contributed by atoms with Gasteiger partial charge in [-0.25, -0.2) is 8.78 Å². The van der Waals surface area contributed by atoms with Crippen molar-refractivity contribution in [3.63, 3.8) is 0 Å². The Labute approximate surface area is 245 Å². The maximum absolute atomic E-state index is 15.8. The van der Waals surface area contributed by atoms with E-state index in [1.54, 1.807) is 37.1 Å². The first-order chi connectivity index (χ1) is 20.1. The summed E-state index contributed by atoms with van der Waals surface area (Å²) in [6, 6.07) is 3.78. The number of likely N-dealkylation sites (N-methyl/N-ethyl adjacent to an activating group) is 1. The third kappa shape index (κ3) is 4.87. The Kier molecular flexibility index (Phi) is 7.32. The van der Waals surface area contributed by atoms with Crippen LogP contribution in [-0.4, -0.2) is 69.8 Å². The third-order valence-corrected chi connectivity index (χ3v) is 9.01. The molecular formula is C31H39F2N7O2. The molecule has 1 aromatic carbocycles. The summed E-state index contributed by atoms with van der Waals surface area (Å²) in [5, 5.41) is 9.48. The van der Waals surface area contributed by atoms with Gasteiger partial charge in [-0.1, -0.05) is 6.08 Å². The van der Waals surface area contributed by atoms with Crippen LogP contribution in [-0.2, 0) is 35.5 Å². The van der Waals surface area contributed by atoms with E-state index in [1.807, 2.05) is 18.0 Å². The number of hydrogen-bond acceptors (Lipinski definition) is 6. The van der Waals surface area contributed by atoms with Crippen molar-refractivity contribution < 1.29 is 18.3 Å². The molecule has 6 rings (SSSR count). The van der Waals surface area contributed by atoms with Crippen LogP contribution in [0.1, 0.15) is 56.0 Å². The molecular weight excluding hydrogens is 540 g/mol. The van der Waals surface area contributed by atoms with Crippen LogP contribution < -0.4 is 9.80 Å². The molecule has 0 aliphatic carbocycles. The van der Waals surface area contributed by atoms with E-state index >= 15 is 8.78 Å². The van der Waals surface area contributed by atoms with Crippen LogP contribution in [0.4, 0.5) is 26.0 Å². The number of aromatic nitrogens is 4. The van der Waals surface area contributed by atoms with Crippen molar-refractivity contribution in [2.75, 3.05) is 43.2 Å². The number of hydrogen-bond donors (Lipinski definition) is 0. The minimum atomic E-state index is -3.14. The summed E-state index contributed by atoms with van der Waals surface area (Å²) in [5.74, 6) is -2.37. The second-order valence-electron chi connectivity index (χ2n) is 11.8. The molecule has 224 valence electrons. The monoisotopic (exact) mass is 579 g/mol. The molecule has 0 bridgehead atoms. The quantitative estimate of drug-likeness (QED) is 0.375. The fraction of sp³-hybridized carbons (Fsp3) is 0.516. The zero-order chi connectivity index (χ0) is 29.8. The van der Waals surface area contributed by atoms with Crippen molar-refractivity contribution in [3.05, 3.63) is 54.0 Å². The number of fused-ring (bicyclic) bond motifs is 2. The van der Waals surface area contributed by atoms with Crippen LogP contribution in [0.15, 0.2) is 37.2 Å². The summed E-state index contributed by atoms with van der Waals surface area (Å²) in [4.78, 5) is 18.5. The van der Waals surface area contributed by atoms with Crippen molar-refractivity contribution >= 4 is 23.1 Å². The predicted molar refractivity (Wildman–Crippen MR) is 158 cm³/mol. The molecule has 9 nitrogen and oxygen atoms in total. The summed E-state index contributed by atoms with van der Waals surface area (Å²) < 4.78 is 41.1. The smallest absolute Gasteiger partial charge is 0.277 e. The van der Waals surface area contributed by atoms with E-state index in [1.165, 1.54) is 6.08 Å². The molecule has 42 heavy (non-hydrogen) atoms. The number of alkyl halides is 2. The highest BCUT2D eigenvalue weighted by atomic mass is 19.3. The van der Waals surface area contributed by atoms with Crippen LogP contribution in [0.2, 0.25) is 0 Å². The molecule has 5 heterocycles. The van der Waals surface area contributed by atoms with Gasteiger partial charge in [0.15, 0.2) is 5.82 Å². The van der Waals surface area contributed by atoms with Gasteiger partial charge in [-0.2, -0.15) is 10.2 Å². The lowest BCUT2D eigenvalue weighted by Gasteiger charge is -2.42. The van der Waals surface area contributed by atoms with E-state index in [0.29, 0.717) is 56.1 Å². The summed E-state index contributed by atoms with van der Waals surface area (Å²) >= 11 is 0. The Morgan fingerprint density at radius 2 is 1.98 bits per heavy atom. The highest BCUT2D eigenvalue weighted by Gasteiger charge is 2.39. The SMILES string of the molecule is C=CCC(F)(F)c1cc2c(cc1-c1cnn(C)c1)N(C)[C@@H](C)CN2c1nn(C2CCOCC2)c2c1CN(C(C)=O)CC2. The standard InChI is InChI=1S/C31H39F2N7O2/c1-6-10-31(32,33)26-15-29-28(14-24(26)22-16-34-36(4)18-22)37(5)20(2)17-39(29)30-25-19-38(21(3)41)11-7-27(25)40(35-30)23-8-12-42-13-9-23/h6,14-16,18,20,23H,1,7-13,17,19H2,2-5H3/t20-/m0/s1. The number of rotatable bonds is 6. The number of benzene rings is 1. The van der Waals surface area contributed by atoms with Gasteiger partial charge in [0, 0.05) is 94.8 Å². The van der Waals surface area contributed by atoms with Crippen molar-refractivity contribution in [1.82, 2.24) is 24.5 Å². The number of amides is 1. The van der Waals surface area contributed by atoms with E-state index in [9.17, 15) is 4.79 Å². The first-order valence-corrected chi connectivity index (χ1v) is 14.7. The van der Waals surface area contributed by atoms with Crippen LogP contribution in [0.3, 0.4) is 0 Å². The molecule has 2 aromatic heterocycles. The molecule has 0 spiro atoms. The zero-order valence-corrected chi connectivity index (χ0v) is 24.8. The predicted octanol–water partition coefficient (Wildman–Crippen LogP) is 5.18. The van der Waals surface area contributed by atoms with Gasteiger partial charge in [0.05, 0.1) is 30.2 Å². The van der Waals surface area contributed by atoms with Gasteiger partial charge >= 0.3 is 0 Å². The fourth-order valence-electron chi connectivity index (χ4n) is 6.54. The number of nitrogens with zero attached hydrogens (tertiary/aromatic N) is 7. The highest BCUT2D eigenvalue weighted by Crippen LogP contribution is 2.49. The van der Waals surface area contributed by atoms with Crippen LogP contribution in [0.25, 0.3) is 11.1 Å². The molecule has 0 radical (unpaired) electrons. The first-order valence-electron chi connectivity index (χ1n) is 14.7. The van der Waals surface area contributed by atoms with Gasteiger partial charge in [0.25, 0.3) is 5.92 Å². The second-order valence-corrected chi connectivity index (χ2v) is 11.8. The average Bonchev–Trinajstić information content (AvgIpc) is 3.58. The largest absolute Gasteiger partial charge is 0.381 e. The van der Waals surface area contributed by atoms with Gasteiger partial charge in [-0.05, 0) is 37.5 Å². The van der Waals surface area contributed by atoms with Gasteiger partial charge in [-0.3, -0.25) is 14.2 Å². The third-order valence-electron chi connectivity index (χ3n) is 9.01. The molecule has 0 unspecified atom stereocenters. The van der Waals surface area contributed by atoms with Crippen LogP contribution in [0, 0.1) is 0 Å². The van der Waals surface area contributed by atoms with Gasteiger partial charge in [0.2, 0.25) is 5.91 Å². The average molecular weight is 580 g/mol. The van der Waals surface area contributed by atoms with Crippen molar-refractivity contribution in [1.29, 1.82) is 0 Å². The Hall–Kier alpha value is -3.73.